The zero-order valence-corrected chi connectivity index (χ0v) is 18.4. The first kappa shape index (κ1) is 19.9. The second-order valence-electron chi connectivity index (χ2n) is 8.88. The van der Waals surface area contributed by atoms with Crippen LogP contribution in [0.5, 0.6) is 0 Å². The average Bonchev–Trinajstić information content (AvgIpc) is 3.51. The highest BCUT2D eigenvalue weighted by Gasteiger charge is 2.30. The summed E-state index contributed by atoms with van der Waals surface area (Å²) in [6, 6.07) is 9.80. The van der Waals surface area contributed by atoms with Crippen molar-refractivity contribution in [3.63, 3.8) is 0 Å². The molecule has 3 aromatic rings. The molecule has 1 fully saturated rings. The van der Waals surface area contributed by atoms with Gasteiger partial charge in [0.2, 0.25) is 0 Å². The first-order valence-corrected chi connectivity index (χ1v) is 11.6. The molecule has 2 amide bonds. The Morgan fingerprint density at radius 2 is 1.85 bits per heavy atom. The number of aromatic nitrogens is 3. The van der Waals surface area contributed by atoms with Crippen LogP contribution in [0.2, 0.25) is 0 Å². The largest absolute Gasteiger partial charge is 0.349 e. The van der Waals surface area contributed by atoms with Gasteiger partial charge in [-0.05, 0) is 61.1 Å². The zero-order chi connectivity index (χ0) is 22.4. The summed E-state index contributed by atoms with van der Waals surface area (Å²) in [6.07, 6.45) is 9.77. The molecule has 0 bridgehead atoms. The van der Waals surface area contributed by atoms with Gasteiger partial charge in [0.05, 0.1) is 17.9 Å². The molecule has 2 aliphatic heterocycles. The zero-order valence-electron chi connectivity index (χ0n) is 18.4. The quantitative estimate of drug-likeness (QED) is 0.680. The van der Waals surface area contributed by atoms with Crippen molar-refractivity contribution in [1.82, 2.24) is 25.0 Å². The van der Waals surface area contributed by atoms with Gasteiger partial charge in [0.15, 0.2) is 0 Å². The molecule has 0 atom stereocenters. The van der Waals surface area contributed by atoms with Crippen LogP contribution in [0.25, 0.3) is 23.4 Å². The van der Waals surface area contributed by atoms with Gasteiger partial charge in [-0.25, -0.2) is 0 Å². The predicted molar refractivity (Wildman–Crippen MR) is 126 cm³/mol. The fraction of sp³-hybridized carbons (Fsp3) is 0.308. The number of likely N-dealkylation sites (tertiary alicyclic amines) is 1. The smallest absolute Gasteiger partial charge is 0.269 e. The molecule has 166 valence electrons. The molecule has 0 radical (unpaired) electrons. The van der Waals surface area contributed by atoms with E-state index in [1.807, 2.05) is 52.2 Å². The minimum absolute atomic E-state index is 0.0284. The van der Waals surface area contributed by atoms with Crippen LogP contribution < -0.4 is 5.32 Å². The second-order valence-corrected chi connectivity index (χ2v) is 8.88. The van der Waals surface area contributed by atoms with Crippen LogP contribution in [-0.2, 0) is 19.4 Å². The van der Waals surface area contributed by atoms with Crippen LogP contribution in [-0.4, -0.2) is 51.1 Å². The van der Waals surface area contributed by atoms with Gasteiger partial charge >= 0.3 is 0 Å². The number of carbonyl (C=O) groups excluding carboxylic acids is 2. The summed E-state index contributed by atoms with van der Waals surface area (Å²) in [5, 5.41) is 7.70. The van der Waals surface area contributed by atoms with Gasteiger partial charge in [-0.15, -0.1) is 0 Å². The molecular weight excluding hydrogens is 414 g/mol. The van der Waals surface area contributed by atoms with Gasteiger partial charge in [0.1, 0.15) is 5.69 Å². The number of hydrogen-bond donors (Lipinski definition) is 1. The maximum Gasteiger partial charge on any atom is 0.269 e. The Morgan fingerprint density at radius 1 is 1.03 bits per heavy atom. The van der Waals surface area contributed by atoms with Crippen LogP contribution in [0.1, 0.15) is 56.1 Å². The van der Waals surface area contributed by atoms with E-state index in [4.69, 9.17) is 5.10 Å². The number of nitrogens with zero attached hydrogens (tertiary/aromatic N) is 4. The van der Waals surface area contributed by atoms with Gasteiger partial charge in [0.25, 0.3) is 11.8 Å². The first-order chi connectivity index (χ1) is 16.2. The number of nitrogens with one attached hydrogen (secondary N) is 1. The van der Waals surface area contributed by atoms with Gasteiger partial charge < -0.3 is 10.2 Å². The van der Waals surface area contributed by atoms with E-state index in [9.17, 15) is 9.59 Å². The number of rotatable bonds is 3. The van der Waals surface area contributed by atoms with Crippen molar-refractivity contribution in [3.8, 4) is 11.3 Å². The standard InChI is InChI=1S/C26H25N5O2/c32-25-24-21-10-8-19-16-28-20(15-22(19)23(21)29-31(24)14-11-27-25)9-5-17-3-6-18(7-4-17)26(33)30-12-1-2-13-30/h3-7,9,15-16H,1-2,8,10-14H2,(H,27,32). The lowest BCUT2D eigenvalue weighted by molar-refractivity contribution is 0.0792. The minimum atomic E-state index is -0.0284. The third kappa shape index (κ3) is 3.53. The van der Waals surface area contributed by atoms with Crippen molar-refractivity contribution in [2.24, 2.45) is 0 Å². The normalized spacial score (nSPS) is 17.0. The number of fused-ring (bicyclic) bond motifs is 5. The Morgan fingerprint density at radius 3 is 2.67 bits per heavy atom. The molecule has 2 aromatic heterocycles. The molecule has 4 heterocycles. The Balaban J connectivity index is 1.25. The minimum Gasteiger partial charge on any atom is -0.349 e. The Hall–Kier alpha value is -3.74. The topological polar surface area (TPSA) is 80.1 Å². The fourth-order valence-electron chi connectivity index (χ4n) is 5.02. The molecule has 1 saturated heterocycles. The van der Waals surface area contributed by atoms with Crippen LogP contribution in [0.3, 0.4) is 0 Å². The van der Waals surface area contributed by atoms with Crippen LogP contribution in [0.4, 0.5) is 0 Å². The Labute approximate surface area is 192 Å². The molecule has 7 heteroatoms. The summed E-state index contributed by atoms with van der Waals surface area (Å²) in [5.41, 5.74) is 7.48. The molecule has 1 N–H and O–H groups in total. The van der Waals surface area contributed by atoms with Crippen molar-refractivity contribution in [1.29, 1.82) is 0 Å². The maximum absolute atomic E-state index is 12.5. The molecular formula is C26H25N5O2. The van der Waals surface area contributed by atoms with E-state index in [2.05, 4.69) is 16.4 Å². The van der Waals surface area contributed by atoms with E-state index in [1.165, 1.54) is 5.56 Å². The van der Waals surface area contributed by atoms with E-state index >= 15 is 0 Å². The van der Waals surface area contributed by atoms with Crippen LogP contribution >= 0.6 is 0 Å². The lowest BCUT2D eigenvalue weighted by Gasteiger charge is -2.17. The van der Waals surface area contributed by atoms with E-state index in [-0.39, 0.29) is 11.8 Å². The van der Waals surface area contributed by atoms with Crippen LogP contribution in [0.15, 0.2) is 36.5 Å². The highest BCUT2D eigenvalue weighted by atomic mass is 16.2. The van der Waals surface area contributed by atoms with Gasteiger partial charge in [-0.3, -0.25) is 19.3 Å². The molecule has 0 unspecified atom stereocenters. The Bertz CT molecular complexity index is 1280. The SMILES string of the molecule is O=C1NCCn2nc3c(c21)CCc1cnc(C=Cc2ccc(C(=O)N4CCCC4)cc2)cc1-3. The summed E-state index contributed by atoms with van der Waals surface area (Å²) in [7, 11) is 0. The number of benzene rings is 1. The van der Waals surface area contributed by atoms with Gasteiger partial charge in [0, 0.05) is 42.5 Å². The monoisotopic (exact) mass is 439 g/mol. The predicted octanol–water partition coefficient (Wildman–Crippen LogP) is 3.19. The van der Waals surface area contributed by atoms with Crippen molar-refractivity contribution < 1.29 is 9.59 Å². The molecule has 1 aliphatic carbocycles. The molecule has 0 saturated carbocycles. The molecule has 6 rings (SSSR count). The van der Waals surface area contributed by atoms with Crippen molar-refractivity contribution >= 4 is 24.0 Å². The van der Waals surface area contributed by atoms with Crippen molar-refractivity contribution in [2.75, 3.05) is 19.6 Å². The maximum atomic E-state index is 12.5. The second kappa shape index (κ2) is 7.99. The number of aryl methyl sites for hydroxylation is 1. The number of pyridine rings is 1. The summed E-state index contributed by atoms with van der Waals surface area (Å²) in [5.74, 6) is 0.0888. The number of hydrogen-bond acceptors (Lipinski definition) is 4. The van der Waals surface area contributed by atoms with E-state index in [0.29, 0.717) is 18.8 Å². The highest BCUT2D eigenvalue weighted by Crippen LogP contribution is 2.35. The first-order valence-electron chi connectivity index (χ1n) is 11.6. The lowest BCUT2D eigenvalue weighted by atomic mass is 9.89. The molecule has 1 aromatic carbocycles. The molecule has 7 nitrogen and oxygen atoms in total. The molecule has 3 aliphatic rings. The third-order valence-corrected chi connectivity index (χ3v) is 6.78. The third-order valence-electron chi connectivity index (χ3n) is 6.78. The lowest BCUT2D eigenvalue weighted by Crippen LogP contribution is -2.36. The summed E-state index contributed by atoms with van der Waals surface area (Å²) >= 11 is 0. The summed E-state index contributed by atoms with van der Waals surface area (Å²) in [4.78, 5) is 31.4. The van der Waals surface area contributed by atoms with E-state index in [1.54, 1.807) is 0 Å². The Kier molecular flexibility index (Phi) is 4.82. The van der Waals surface area contributed by atoms with E-state index in [0.717, 1.165) is 72.4 Å². The number of amides is 2. The highest BCUT2D eigenvalue weighted by molar-refractivity contribution is 5.97. The average molecular weight is 440 g/mol. The molecule has 0 spiro atoms. The number of carbonyl (C=O) groups is 2. The van der Waals surface area contributed by atoms with E-state index < -0.39 is 0 Å². The van der Waals surface area contributed by atoms with Crippen LogP contribution in [0, 0.1) is 0 Å². The summed E-state index contributed by atoms with van der Waals surface area (Å²) in [6.45, 7) is 3.04. The van der Waals surface area contributed by atoms with Gasteiger partial charge in [-0.1, -0.05) is 18.2 Å². The van der Waals surface area contributed by atoms with Crippen molar-refractivity contribution in [3.05, 3.63) is 70.2 Å². The van der Waals surface area contributed by atoms with Gasteiger partial charge in [-0.2, -0.15) is 5.10 Å². The fourth-order valence-corrected chi connectivity index (χ4v) is 5.02. The van der Waals surface area contributed by atoms with Crippen molar-refractivity contribution in [2.45, 2.75) is 32.2 Å². The summed E-state index contributed by atoms with van der Waals surface area (Å²) < 4.78 is 1.85. The molecule has 33 heavy (non-hydrogen) atoms.